The third-order valence-corrected chi connectivity index (χ3v) is 3.62. The molecule has 0 unspecified atom stereocenters. The SMILES string of the molecule is CC=C(c1ccccc1C)c1cccc(C)c1C. The molecule has 0 amide bonds. The van der Waals surface area contributed by atoms with Crippen molar-refractivity contribution in [2.24, 2.45) is 0 Å². The van der Waals surface area contributed by atoms with Crippen molar-refractivity contribution in [3.05, 3.63) is 76.4 Å². The van der Waals surface area contributed by atoms with E-state index < -0.39 is 0 Å². The number of rotatable bonds is 2. The molecule has 2 aromatic rings. The van der Waals surface area contributed by atoms with Crippen molar-refractivity contribution in [3.63, 3.8) is 0 Å². The third-order valence-electron chi connectivity index (χ3n) is 3.62. The summed E-state index contributed by atoms with van der Waals surface area (Å²) in [6, 6.07) is 15.1. The Morgan fingerprint density at radius 1 is 0.778 bits per heavy atom. The van der Waals surface area contributed by atoms with Crippen LogP contribution in [0, 0.1) is 20.8 Å². The maximum atomic E-state index is 2.21. The third kappa shape index (κ3) is 2.24. The first-order chi connectivity index (χ1) is 8.65. The van der Waals surface area contributed by atoms with Crippen molar-refractivity contribution in [2.75, 3.05) is 0 Å². The van der Waals surface area contributed by atoms with E-state index in [2.05, 4.69) is 76.2 Å². The summed E-state index contributed by atoms with van der Waals surface area (Å²) in [6.45, 7) is 8.66. The van der Waals surface area contributed by atoms with Crippen LogP contribution in [0.4, 0.5) is 0 Å². The minimum absolute atomic E-state index is 1.33. The Hall–Kier alpha value is -1.82. The Bertz CT molecular complexity index is 589. The first-order valence-electron chi connectivity index (χ1n) is 6.44. The van der Waals surface area contributed by atoms with Gasteiger partial charge >= 0.3 is 0 Å². The highest BCUT2D eigenvalue weighted by Crippen LogP contribution is 2.29. The summed E-state index contributed by atoms with van der Waals surface area (Å²) in [6.07, 6.45) is 2.21. The number of allylic oxidation sites excluding steroid dienone is 1. The molecular weight excluding hydrogens is 216 g/mol. The van der Waals surface area contributed by atoms with E-state index in [0.717, 1.165) is 0 Å². The van der Waals surface area contributed by atoms with Gasteiger partial charge in [0.1, 0.15) is 0 Å². The monoisotopic (exact) mass is 236 g/mol. The normalized spacial score (nSPS) is 11.7. The van der Waals surface area contributed by atoms with Crippen LogP contribution in [-0.2, 0) is 0 Å². The molecule has 0 atom stereocenters. The van der Waals surface area contributed by atoms with Gasteiger partial charge < -0.3 is 0 Å². The van der Waals surface area contributed by atoms with Crippen LogP contribution in [0.3, 0.4) is 0 Å². The molecule has 2 aromatic carbocycles. The van der Waals surface area contributed by atoms with Crippen LogP contribution in [-0.4, -0.2) is 0 Å². The second-order valence-electron chi connectivity index (χ2n) is 4.76. The Labute approximate surface area is 110 Å². The van der Waals surface area contributed by atoms with Gasteiger partial charge in [-0.25, -0.2) is 0 Å². The van der Waals surface area contributed by atoms with Crippen molar-refractivity contribution in [1.29, 1.82) is 0 Å². The summed E-state index contributed by atoms with van der Waals surface area (Å²) in [5.74, 6) is 0. The average molecular weight is 236 g/mol. The smallest absolute Gasteiger partial charge is 0.0149 e. The van der Waals surface area contributed by atoms with E-state index in [9.17, 15) is 0 Å². The molecule has 0 saturated heterocycles. The minimum atomic E-state index is 1.33. The van der Waals surface area contributed by atoms with Crippen LogP contribution in [0.5, 0.6) is 0 Å². The molecule has 0 saturated carbocycles. The fourth-order valence-corrected chi connectivity index (χ4v) is 2.37. The van der Waals surface area contributed by atoms with Crippen LogP contribution >= 0.6 is 0 Å². The van der Waals surface area contributed by atoms with Crippen molar-refractivity contribution in [2.45, 2.75) is 27.7 Å². The van der Waals surface area contributed by atoms with Gasteiger partial charge in [-0.1, -0.05) is 48.5 Å². The average Bonchev–Trinajstić information content (AvgIpc) is 2.37. The summed E-state index contributed by atoms with van der Waals surface area (Å²) >= 11 is 0. The summed E-state index contributed by atoms with van der Waals surface area (Å²) in [7, 11) is 0. The number of hydrogen-bond acceptors (Lipinski definition) is 0. The second-order valence-corrected chi connectivity index (χ2v) is 4.76. The molecule has 0 aliphatic carbocycles. The van der Waals surface area contributed by atoms with Gasteiger partial charge in [-0.15, -0.1) is 0 Å². The lowest BCUT2D eigenvalue weighted by Gasteiger charge is -2.14. The summed E-state index contributed by atoms with van der Waals surface area (Å²) < 4.78 is 0. The fraction of sp³-hybridized carbons (Fsp3) is 0.222. The maximum Gasteiger partial charge on any atom is -0.0149 e. The zero-order valence-corrected chi connectivity index (χ0v) is 11.6. The lowest BCUT2D eigenvalue weighted by molar-refractivity contribution is 1.30. The van der Waals surface area contributed by atoms with E-state index in [0.29, 0.717) is 0 Å². The molecule has 18 heavy (non-hydrogen) atoms. The molecule has 0 aliphatic rings. The van der Waals surface area contributed by atoms with E-state index in [1.807, 2.05) is 0 Å². The molecule has 0 bridgehead atoms. The first-order valence-corrected chi connectivity index (χ1v) is 6.44. The topological polar surface area (TPSA) is 0 Å². The van der Waals surface area contributed by atoms with Crippen molar-refractivity contribution in [1.82, 2.24) is 0 Å². The predicted molar refractivity (Wildman–Crippen MR) is 79.8 cm³/mol. The quantitative estimate of drug-likeness (QED) is 0.683. The number of aryl methyl sites for hydroxylation is 2. The maximum absolute atomic E-state index is 2.21. The molecule has 0 nitrogen and oxygen atoms in total. The Morgan fingerprint density at radius 2 is 1.39 bits per heavy atom. The highest BCUT2D eigenvalue weighted by molar-refractivity contribution is 5.82. The molecule has 0 heteroatoms. The van der Waals surface area contributed by atoms with Gasteiger partial charge in [0, 0.05) is 0 Å². The zero-order valence-electron chi connectivity index (χ0n) is 11.6. The predicted octanol–water partition coefficient (Wildman–Crippen LogP) is 5.06. The molecule has 92 valence electrons. The Kier molecular flexibility index (Phi) is 3.66. The molecule has 0 spiro atoms. The van der Waals surface area contributed by atoms with Gasteiger partial charge in [0.15, 0.2) is 0 Å². The Balaban J connectivity index is 2.61. The lowest BCUT2D eigenvalue weighted by atomic mass is 9.90. The molecule has 2 rings (SSSR count). The molecule has 0 heterocycles. The summed E-state index contributed by atoms with van der Waals surface area (Å²) in [4.78, 5) is 0. The van der Waals surface area contributed by atoms with Gasteiger partial charge in [-0.3, -0.25) is 0 Å². The molecule has 0 aromatic heterocycles. The first kappa shape index (κ1) is 12.6. The van der Waals surface area contributed by atoms with Crippen LogP contribution in [0.2, 0.25) is 0 Å². The van der Waals surface area contributed by atoms with Crippen molar-refractivity contribution >= 4 is 5.57 Å². The largest absolute Gasteiger partial charge is 0.0792 e. The Morgan fingerprint density at radius 3 is 2.06 bits per heavy atom. The lowest BCUT2D eigenvalue weighted by Crippen LogP contribution is -1.95. The van der Waals surface area contributed by atoms with Gasteiger partial charge in [-0.05, 0) is 61.1 Å². The summed E-state index contributed by atoms with van der Waals surface area (Å²) in [5.41, 5.74) is 8.04. The van der Waals surface area contributed by atoms with Crippen molar-refractivity contribution in [3.8, 4) is 0 Å². The summed E-state index contributed by atoms with van der Waals surface area (Å²) in [5, 5.41) is 0. The molecule has 0 fully saturated rings. The number of benzene rings is 2. The highest BCUT2D eigenvalue weighted by Gasteiger charge is 2.09. The number of hydrogen-bond donors (Lipinski definition) is 0. The van der Waals surface area contributed by atoms with Gasteiger partial charge in [-0.2, -0.15) is 0 Å². The van der Waals surface area contributed by atoms with E-state index in [4.69, 9.17) is 0 Å². The van der Waals surface area contributed by atoms with Gasteiger partial charge in [0.2, 0.25) is 0 Å². The van der Waals surface area contributed by atoms with E-state index in [-0.39, 0.29) is 0 Å². The van der Waals surface area contributed by atoms with Crippen LogP contribution in [0.25, 0.3) is 5.57 Å². The second kappa shape index (κ2) is 5.22. The van der Waals surface area contributed by atoms with E-state index in [1.54, 1.807) is 0 Å². The van der Waals surface area contributed by atoms with E-state index in [1.165, 1.54) is 33.4 Å². The van der Waals surface area contributed by atoms with Crippen LogP contribution in [0.15, 0.2) is 48.5 Å². The van der Waals surface area contributed by atoms with Gasteiger partial charge in [0.25, 0.3) is 0 Å². The minimum Gasteiger partial charge on any atom is -0.0792 e. The highest BCUT2D eigenvalue weighted by atomic mass is 14.1. The fourth-order valence-electron chi connectivity index (χ4n) is 2.37. The standard InChI is InChI=1S/C18H20/c1-5-16(17-11-7-6-9-14(17)3)18-12-8-10-13(2)15(18)4/h5-12H,1-4H3. The van der Waals surface area contributed by atoms with Crippen molar-refractivity contribution < 1.29 is 0 Å². The molecule has 0 radical (unpaired) electrons. The zero-order chi connectivity index (χ0) is 13.1. The van der Waals surface area contributed by atoms with Crippen LogP contribution < -0.4 is 0 Å². The molecular formula is C18H20. The molecule has 0 N–H and O–H groups in total. The van der Waals surface area contributed by atoms with Crippen LogP contribution in [0.1, 0.15) is 34.7 Å². The van der Waals surface area contributed by atoms with E-state index >= 15 is 0 Å². The molecule has 0 aliphatic heterocycles. The van der Waals surface area contributed by atoms with Gasteiger partial charge in [0.05, 0.1) is 0 Å².